The van der Waals surface area contributed by atoms with Crippen LogP contribution in [0.1, 0.15) is 55.7 Å². The molecule has 1 amide bonds. The van der Waals surface area contributed by atoms with Gasteiger partial charge < -0.3 is 21.7 Å². The highest BCUT2D eigenvalue weighted by Gasteiger charge is 2.32. The zero-order chi connectivity index (χ0) is 28.4. The van der Waals surface area contributed by atoms with Crippen LogP contribution >= 0.6 is 12.6 Å². The molecule has 5 N–H and O–H groups in total. The molecule has 0 atom stereocenters. The molecular formula is C29H34F3N5OS. The van der Waals surface area contributed by atoms with Crippen molar-refractivity contribution < 1.29 is 18.0 Å². The minimum atomic E-state index is -1.11. The molecule has 0 radical (unpaired) electrons. The zero-order valence-corrected chi connectivity index (χ0v) is 22.8. The number of anilines is 2. The normalized spacial score (nSPS) is 14.9. The number of carbonyl (C=O) groups excluding carboxylic acids is 1. The Labute approximate surface area is 233 Å². The molecular weight excluding hydrogens is 523 g/mol. The van der Waals surface area contributed by atoms with Crippen LogP contribution in [0.25, 0.3) is 10.5 Å². The second-order valence-corrected chi connectivity index (χ2v) is 10.4. The fourth-order valence-electron chi connectivity index (χ4n) is 4.37. The Morgan fingerprint density at radius 2 is 1.95 bits per heavy atom. The van der Waals surface area contributed by atoms with Crippen molar-refractivity contribution in [3.63, 3.8) is 0 Å². The van der Waals surface area contributed by atoms with Gasteiger partial charge in [0.1, 0.15) is 11.9 Å². The zero-order valence-electron chi connectivity index (χ0n) is 21.9. The van der Waals surface area contributed by atoms with Gasteiger partial charge in [0.2, 0.25) is 6.41 Å². The summed E-state index contributed by atoms with van der Waals surface area (Å²) in [5.74, 6) is -2.94. The van der Waals surface area contributed by atoms with Crippen molar-refractivity contribution >= 4 is 40.9 Å². The largest absolute Gasteiger partial charge is 0.397 e. The van der Waals surface area contributed by atoms with Crippen molar-refractivity contribution in [1.82, 2.24) is 10.6 Å². The second kappa shape index (κ2) is 14.1. The third kappa shape index (κ3) is 7.80. The summed E-state index contributed by atoms with van der Waals surface area (Å²) in [7, 11) is 0. The topological polar surface area (TPSA) is 103 Å². The second-order valence-electron chi connectivity index (χ2n) is 9.97. The quantitative estimate of drug-likeness (QED) is 0.0518. The molecule has 3 rings (SSSR count). The number of nitrogens with zero attached hydrogens (tertiary/aromatic N) is 1. The fraction of sp³-hybridized carbons (Fsp3) is 0.379. The van der Waals surface area contributed by atoms with Crippen molar-refractivity contribution in [2.45, 2.75) is 39.0 Å². The Balaban J connectivity index is 1.89. The molecule has 0 spiro atoms. The Kier molecular flexibility index (Phi) is 10.9. The van der Waals surface area contributed by atoms with E-state index in [1.54, 1.807) is 12.1 Å². The molecule has 1 aliphatic carbocycles. The summed E-state index contributed by atoms with van der Waals surface area (Å²) in [4.78, 5) is 10.4. The van der Waals surface area contributed by atoms with E-state index in [4.69, 9.17) is 11.0 Å². The van der Waals surface area contributed by atoms with E-state index >= 15 is 8.78 Å². The van der Waals surface area contributed by atoms with Gasteiger partial charge in [0, 0.05) is 23.6 Å². The van der Waals surface area contributed by atoms with E-state index in [2.05, 4.69) is 35.5 Å². The summed E-state index contributed by atoms with van der Waals surface area (Å²) >= 11 is 4.53. The minimum Gasteiger partial charge on any atom is -0.397 e. The maximum Gasteiger partial charge on any atom is 0.207 e. The molecule has 1 aliphatic rings. The lowest BCUT2D eigenvalue weighted by Crippen LogP contribution is -2.33. The summed E-state index contributed by atoms with van der Waals surface area (Å²) in [6.45, 7) is 4.48. The highest BCUT2D eigenvalue weighted by molar-refractivity contribution is 7.90. The monoisotopic (exact) mass is 557 g/mol. The number of halogens is 3. The number of amides is 1. The molecule has 6 nitrogen and oxygen atoms in total. The number of allylic oxidation sites excluding steroid dienone is 2. The van der Waals surface area contributed by atoms with Gasteiger partial charge in [-0.3, -0.25) is 4.79 Å². The van der Waals surface area contributed by atoms with Crippen molar-refractivity contribution in [1.29, 1.82) is 5.26 Å². The molecule has 208 valence electrons. The Morgan fingerprint density at radius 1 is 1.18 bits per heavy atom. The van der Waals surface area contributed by atoms with Crippen LogP contribution in [0.2, 0.25) is 0 Å². The maximum atomic E-state index is 15.4. The number of nitriles is 1. The maximum absolute atomic E-state index is 15.4. The van der Waals surface area contributed by atoms with Gasteiger partial charge in [-0.2, -0.15) is 5.26 Å². The predicted molar refractivity (Wildman–Crippen MR) is 153 cm³/mol. The number of nitrogens with one attached hydrogen (secondary N) is 3. The highest BCUT2D eigenvalue weighted by Crippen LogP contribution is 2.42. The van der Waals surface area contributed by atoms with Crippen molar-refractivity contribution in [3.05, 3.63) is 70.6 Å². The molecule has 0 aromatic heterocycles. The first-order valence-electron chi connectivity index (χ1n) is 12.9. The lowest BCUT2D eigenvalue weighted by atomic mass is 9.70. The summed E-state index contributed by atoms with van der Waals surface area (Å²) in [6, 6.07) is 7.13. The van der Waals surface area contributed by atoms with Crippen LogP contribution in [-0.2, 0) is 4.79 Å². The first-order chi connectivity index (χ1) is 18.7. The minimum absolute atomic E-state index is 0.0293. The number of benzene rings is 2. The van der Waals surface area contributed by atoms with E-state index in [0.29, 0.717) is 50.1 Å². The van der Waals surface area contributed by atoms with Gasteiger partial charge >= 0.3 is 0 Å². The van der Waals surface area contributed by atoms with Gasteiger partial charge in [0.15, 0.2) is 11.6 Å². The molecule has 10 heteroatoms. The van der Waals surface area contributed by atoms with Gasteiger partial charge in [0.25, 0.3) is 0 Å². The third-order valence-corrected chi connectivity index (χ3v) is 7.41. The lowest BCUT2D eigenvalue weighted by Gasteiger charge is -2.38. The Hall–Kier alpha value is -3.42. The molecule has 0 unspecified atom stereocenters. The predicted octanol–water partition coefficient (Wildman–Crippen LogP) is 5.63. The Morgan fingerprint density at radius 3 is 2.59 bits per heavy atom. The van der Waals surface area contributed by atoms with E-state index in [0.717, 1.165) is 25.7 Å². The van der Waals surface area contributed by atoms with Crippen LogP contribution in [0.5, 0.6) is 0 Å². The van der Waals surface area contributed by atoms with Gasteiger partial charge in [-0.15, -0.1) is 12.6 Å². The van der Waals surface area contributed by atoms with Gasteiger partial charge in [-0.25, -0.2) is 13.2 Å². The average molecular weight is 558 g/mol. The SMILES string of the molecule is CC1(CNc2c(N)cc(/C(S)=C(/C=C/CCNCCCNC=O)c3ccc(C#N)c(F)c3)c(F)c2F)CCC1. The molecule has 1 saturated carbocycles. The molecule has 2 aromatic rings. The van der Waals surface area contributed by atoms with Crippen LogP contribution < -0.4 is 21.7 Å². The van der Waals surface area contributed by atoms with Crippen molar-refractivity contribution in [2.24, 2.45) is 5.41 Å². The van der Waals surface area contributed by atoms with Crippen LogP contribution in [-0.4, -0.2) is 32.6 Å². The van der Waals surface area contributed by atoms with Crippen molar-refractivity contribution in [2.75, 3.05) is 37.2 Å². The van der Waals surface area contributed by atoms with E-state index in [9.17, 15) is 9.18 Å². The van der Waals surface area contributed by atoms with Crippen LogP contribution in [0, 0.1) is 34.2 Å². The number of hydrogen-bond acceptors (Lipinski definition) is 6. The first-order valence-corrected chi connectivity index (χ1v) is 13.3. The molecule has 1 fully saturated rings. The standard InChI is InChI=1S/C29H34F3N5OS/c1-29(9-4-10-29)17-37-27-24(34)15-22(25(31)26(27)32)28(39)21(19-7-8-20(16-33)23(30)14-19)6-2-3-11-35-12-5-13-36-18-38/h2,6-8,14-15,18,35,37,39H,3-5,9-13,17,34H2,1H3,(H,36,38)/b6-2+,28-21+. The van der Waals surface area contributed by atoms with Crippen molar-refractivity contribution in [3.8, 4) is 6.07 Å². The number of carbonyl (C=O) groups is 1. The van der Waals surface area contributed by atoms with Gasteiger partial charge in [-0.1, -0.05) is 31.6 Å². The summed E-state index contributed by atoms with van der Waals surface area (Å²) in [5.41, 5.74) is 6.54. The third-order valence-electron chi connectivity index (χ3n) is 6.93. The average Bonchev–Trinajstić information content (AvgIpc) is 2.90. The number of nitrogens with two attached hydrogens (primary N) is 1. The number of rotatable bonds is 14. The smallest absolute Gasteiger partial charge is 0.207 e. The molecule has 2 aromatic carbocycles. The number of nitrogen functional groups attached to an aromatic ring is 1. The van der Waals surface area contributed by atoms with E-state index in [1.165, 1.54) is 24.3 Å². The first kappa shape index (κ1) is 30.1. The van der Waals surface area contributed by atoms with E-state index < -0.39 is 17.5 Å². The molecule has 0 aliphatic heterocycles. The molecule has 39 heavy (non-hydrogen) atoms. The van der Waals surface area contributed by atoms with Crippen LogP contribution in [0.15, 0.2) is 36.4 Å². The van der Waals surface area contributed by atoms with Crippen LogP contribution in [0.4, 0.5) is 24.5 Å². The van der Waals surface area contributed by atoms with Gasteiger partial charge in [0.05, 0.1) is 16.9 Å². The van der Waals surface area contributed by atoms with Gasteiger partial charge in [-0.05, 0) is 73.5 Å². The molecule has 0 saturated heterocycles. The Bertz CT molecular complexity index is 1280. The lowest BCUT2D eigenvalue weighted by molar-refractivity contribution is -0.109. The summed E-state index contributed by atoms with van der Waals surface area (Å²) in [6.07, 6.45) is 8.62. The fourth-order valence-corrected chi connectivity index (χ4v) is 4.74. The summed E-state index contributed by atoms with van der Waals surface area (Å²) < 4.78 is 45.0. The number of hydrogen-bond donors (Lipinski definition) is 5. The van der Waals surface area contributed by atoms with Crippen LogP contribution in [0.3, 0.4) is 0 Å². The van der Waals surface area contributed by atoms with E-state index in [1.807, 2.05) is 6.08 Å². The number of thiol groups is 1. The molecule has 0 bridgehead atoms. The molecule has 0 heterocycles. The highest BCUT2D eigenvalue weighted by atomic mass is 32.1. The summed E-state index contributed by atoms with van der Waals surface area (Å²) in [5, 5.41) is 17.9. The van der Waals surface area contributed by atoms with E-state index in [-0.39, 0.29) is 32.8 Å².